The van der Waals surface area contributed by atoms with E-state index in [-0.39, 0.29) is 0 Å². The maximum absolute atomic E-state index is 11.7. The molecule has 21 heavy (non-hydrogen) atoms. The maximum Gasteiger partial charge on any atom is 0.325 e. The van der Waals surface area contributed by atoms with E-state index in [4.69, 9.17) is 23.2 Å². The first kappa shape index (κ1) is 14.9. The van der Waals surface area contributed by atoms with Gasteiger partial charge in [-0.3, -0.25) is 9.69 Å². The van der Waals surface area contributed by atoms with Crippen molar-refractivity contribution in [2.45, 2.75) is 19.0 Å². The molecule has 0 radical (unpaired) electrons. The van der Waals surface area contributed by atoms with Crippen molar-refractivity contribution in [2.75, 3.05) is 6.54 Å². The number of benzene rings is 1. The van der Waals surface area contributed by atoms with Crippen molar-refractivity contribution < 1.29 is 9.90 Å². The molecule has 110 valence electrons. The third-order valence-corrected chi connectivity index (χ3v) is 5.56. The molecule has 1 aliphatic rings. The van der Waals surface area contributed by atoms with Crippen molar-refractivity contribution in [2.24, 2.45) is 0 Å². The fraction of sp³-hybridized carbons (Fsp3) is 0.267. The molecule has 1 atom stereocenters. The molecule has 0 amide bonds. The zero-order valence-electron chi connectivity index (χ0n) is 11.1. The Balaban J connectivity index is 1.92. The smallest absolute Gasteiger partial charge is 0.325 e. The topological polar surface area (TPSA) is 40.5 Å². The Bertz CT molecular complexity index is 686. The van der Waals surface area contributed by atoms with Crippen molar-refractivity contribution in [1.29, 1.82) is 0 Å². The Kier molecular flexibility index (Phi) is 4.22. The quantitative estimate of drug-likeness (QED) is 0.907. The highest BCUT2D eigenvalue weighted by Gasteiger charge is 2.33. The largest absolute Gasteiger partial charge is 0.480 e. The molecule has 1 unspecified atom stereocenters. The molecular weight excluding hydrogens is 329 g/mol. The average molecular weight is 342 g/mol. The summed E-state index contributed by atoms with van der Waals surface area (Å²) in [6.45, 7) is 1.18. The second kappa shape index (κ2) is 5.97. The van der Waals surface area contributed by atoms with Gasteiger partial charge in [-0.15, -0.1) is 11.3 Å². The normalized spacial score (nSPS) is 18.5. The van der Waals surface area contributed by atoms with Crippen LogP contribution in [0.15, 0.2) is 29.6 Å². The molecule has 0 bridgehead atoms. The molecule has 0 aliphatic carbocycles. The summed E-state index contributed by atoms with van der Waals surface area (Å²) in [6.07, 6.45) is 0.870. The van der Waals surface area contributed by atoms with Crippen LogP contribution in [0, 0.1) is 0 Å². The van der Waals surface area contributed by atoms with Gasteiger partial charge in [0, 0.05) is 18.0 Å². The summed E-state index contributed by atoms with van der Waals surface area (Å²) in [5.74, 6) is -0.826. The molecule has 1 N–H and O–H groups in total. The molecule has 1 aliphatic heterocycles. The molecule has 6 heteroatoms. The predicted octanol–water partition coefficient (Wildman–Crippen LogP) is 4.24. The lowest BCUT2D eigenvalue weighted by Gasteiger charge is -2.33. The molecule has 2 aromatic rings. The number of carboxylic acids is 1. The molecule has 1 aromatic heterocycles. The number of rotatable bonds is 3. The van der Waals surface area contributed by atoms with Crippen molar-refractivity contribution in [1.82, 2.24) is 4.90 Å². The van der Waals surface area contributed by atoms with Gasteiger partial charge in [-0.05, 0) is 35.1 Å². The van der Waals surface area contributed by atoms with E-state index in [1.807, 2.05) is 28.5 Å². The van der Waals surface area contributed by atoms with Crippen LogP contribution in [-0.4, -0.2) is 22.5 Å². The Morgan fingerprint density at radius 3 is 2.95 bits per heavy atom. The molecule has 2 heterocycles. The zero-order valence-corrected chi connectivity index (χ0v) is 13.4. The lowest BCUT2D eigenvalue weighted by molar-refractivity contribution is -0.144. The number of aliphatic carboxylic acids is 1. The number of carbonyl (C=O) groups is 1. The third-order valence-electron chi connectivity index (χ3n) is 3.70. The molecule has 0 saturated carbocycles. The minimum atomic E-state index is -0.826. The van der Waals surface area contributed by atoms with E-state index < -0.39 is 12.0 Å². The number of nitrogens with zero attached hydrogens (tertiary/aromatic N) is 1. The first-order chi connectivity index (χ1) is 10.1. The number of halogens is 2. The first-order valence-corrected chi connectivity index (χ1v) is 8.17. The molecule has 0 saturated heterocycles. The number of hydrogen-bond acceptors (Lipinski definition) is 3. The highest BCUT2D eigenvalue weighted by molar-refractivity contribution is 7.10. The molecule has 1 aromatic carbocycles. The summed E-state index contributed by atoms with van der Waals surface area (Å²) in [4.78, 5) is 14.8. The molecule has 0 spiro atoms. The molecule has 0 fully saturated rings. The second-order valence-electron chi connectivity index (χ2n) is 4.97. The lowest BCUT2D eigenvalue weighted by Crippen LogP contribution is -2.38. The molecular formula is C15H13Cl2NO2S. The van der Waals surface area contributed by atoms with Gasteiger partial charge in [-0.1, -0.05) is 35.3 Å². The average Bonchev–Trinajstić information content (AvgIpc) is 2.91. The number of hydrogen-bond donors (Lipinski definition) is 1. The van der Waals surface area contributed by atoms with Gasteiger partial charge < -0.3 is 5.11 Å². The van der Waals surface area contributed by atoms with Gasteiger partial charge in [0.15, 0.2) is 0 Å². The van der Waals surface area contributed by atoms with E-state index in [0.717, 1.165) is 22.4 Å². The number of thiophene rings is 1. The maximum atomic E-state index is 11.7. The second-order valence-corrected chi connectivity index (χ2v) is 6.76. The van der Waals surface area contributed by atoms with Crippen LogP contribution in [0.4, 0.5) is 0 Å². The predicted molar refractivity (Wildman–Crippen MR) is 85.3 cm³/mol. The minimum Gasteiger partial charge on any atom is -0.480 e. The summed E-state index contributed by atoms with van der Waals surface area (Å²) in [5.41, 5.74) is 1.76. The molecule has 3 nitrogen and oxygen atoms in total. The van der Waals surface area contributed by atoms with E-state index in [9.17, 15) is 9.90 Å². The fourth-order valence-corrected chi connectivity index (χ4v) is 4.00. The summed E-state index contributed by atoms with van der Waals surface area (Å²) < 4.78 is 0. The first-order valence-electron chi connectivity index (χ1n) is 6.54. The van der Waals surface area contributed by atoms with Gasteiger partial charge in [0.2, 0.25) is 0 Å². The summed E-state index contributed by atoms with van der Waals surface area (Å²) in [5, 5.41) is 12.5. The Morgan fingerprint density at radius 1 is 1.38 bits per heavy atom. The van der Waals surface area contributed by atoms with Crippen LogP contribution in [0.1, 0.15) is 22.0 Å². The fourth-order valence-electron chi connectivity index (χ4n) is 2.72. The van der Waals surface area contributed by atoms with Crippen molar-refractivity contribution >= 4 is 40.5 Å². The standard InChI is InChI=1S/C15H13Cl2NO2S/c16-11-3-1-2-9(13(11)17)8-18-6-4-12-10(5-7-21-12)14(18)15(19)20/h1-3,5,7,14H,4,6,8H2,(H,19,20). The molecule has 3 rings (SSSR count). The van der Waals surface area contributed by atoms with E-state index >= 15 is 0 Å². The summed E-state index contributed by atoms with van der Waals surface area (Å²) in [6, 6.07) is 6.74. The Morgan fingerprint density at radius 2 is 2.19 bits per heavy atom. The zero-order chi connectivity index (χ0) is 15.0. The van der Waals surface area contributed by atoms with E-state index in [2.05, 4.69) is 0 Å². The van der Waals surface area contributed by atoms with Gasteiger partial charge in [0.1, 0.15) is 6.04 Å². The van der Waals surface area contributed by atoms with Crippen LogP contribution < -0.4 is 0 Å². The summed E-state index contributed by atoms with van der Waals surface area (Å²) in [7, 11) is 0. The minimum absolute atomic E-state index is 0.478. The Hall–Kier alpha value is -1.07. The highest BCUT2D eigenvalue weighted by atomic mass is 35.5. The van der Waals surface area contributed by atoms with Crippen LogP contribution in [0.5, 0.6) is 0 Å². The monoisotopic (exact) mass is 341 g/mol. The van der Waals surface area contributed by atoms with Gasteiger partial charge in [0.25, 0.3) is 0 Å². The van der Waals surface area contributed by atoms with E-state index in [0.29, 0.717) is 23.1 Å². The van der Waals surface area contributed by atoms with Crippen LogP contribution in [0.3, 0.4) is 0 Å². The van der Waals surface area contributed by atoms with Crippen molar-refractivity contribution in [3.05, 3.63) is 55.7 Å². The van der Waals surface area contributed by atoms with E-state index in [1.54, 1.807) is 17.4 Å². The lowest BCUT2D eigenvalue weighted by atomic mass is 9.99. The van der Waals surface area contributed by atoms with Crippen molar-refractivity contribution in [3.8, 4) is 0 Å². The van der Waals surface area contributed by atoms with Crippen LogP contribution >= 0.6 is 34.5 Å². The van der Waals surface area contributed by atoms with Crippen LogP contribution in [0.2, 0.25) is 10.0 Å². The van der Waals surface area contributed by atoms with Gasteiger partial charge in [-0.2, -0.15) is 0 Å². The SMILES string of the molecule is O=C(O)C1c2ccsc2CCN1Cc1cccc(Cl)c1Cl. The van der Waals surface area contributed by atoms with Crippen molar-refractivity contribution in [3.63, 3.8) is 0 Å². The van der Waals surface area contributed by atoms with Gasteiger partial charge >= 0.3 is 5.97 Å². The number of carboxylic acid groups (broad SMARTS) is 1. The Labute approximate surface area is 136 Å². The van der Waals surface area contributed by atoms with E-state index in [1.165, 1.54) is 0 Å². The summed E-state index contributed by atoms with van der Waals surface area (Å²) >= 11 is 13.9. The third kappa shape index (κ3) is 2.81. The van der Waals surface area contributed by atoms with Crippen LogP contribution in [0.25, 0.3) is 0 Å². The number of fused-ring (bicyclic) bond motifs is 1. The highest BCUT2D eigenvalue weighted by Crippen LogP contribution is 2.35. The van der Waals surface area contributed by atoms with Gasteiger partial charge in [0.05, 0.1) is 10.0 Å². The van der Waals surface area contributed by atoms with Gasteiger partial charge in [-0.25, -0.2) is 0 Å². The van der Waals surface area contributed by atoms with Crippen LogP contribution in [-0.2, 0) is 17.8 Å².